The molecule has 4 heterocycles. The van der Waals surface area contributed by atoms with E-state index in [9.17, 15) is 4.79 Å². The van der Waals surface area contributed by atoms with Crippen molar-refractivity contribution in [1.29, 1.82) is 0 Å². The summed E-state index contributed by atoms with van der Waals surface area (Å²) in [6.07, 6.45) is 4.25. The van der Waals surface area contributed by atoms with Crippen molar-refractivity contribution in [2.45, 2.75) is 19.4 Å². The van der Waals surface area contributed by atoms with E-state index in [0.29, 0.717) is 13.0 Å². The number of nitrogens with one attached hydrogen (secondary N) is 1. The summed E-state index contributed by atoms with van der Waals surface area (Å²) >= 11 is 0. The summed E-state index contributed by atoms with van der Waals surface area (Å²) < 4.78 is 13.6. The standard InChI is InChI=1S/C23H26N4O3/c1-16(18-13-23(28)24-14-18)30-22-12-19(15-27-21(22)6-7-25-27)17-2-4-20(5-3-17)26-8-10-29-11-9-26/h2-7,12,15-16,18H,8-11,13-14H2,1H3,(H,24,28)/t16-,18?/m1/s1. The number of aromatic nitrogens is 2. The fourth-order valence-corrected chi connectivity index (χ4v) is 4.19. The maximum Gasteiger partial charge on any atom is 0.220 e. The SMILES string of the molecule is C[C@@H](Oc1cc(-c2ccc(N3CCOCC3)cc2)cn2nccc12)C1CNC(=O)C1. The average Bonchev–Trinajstić information content (AvgIpc) is 3.43. The van der Waals surface area contributed by atoms with Gasteiger partial charge in [0.1, 0.15) is 17.4 Å². The van der Waals surface area contributed by atoms with Gasteiger partial charge in [0.15, 0.2) is 0 Å². The van der Waals surface area contributed by atoms with Crippen molar-refractivity contribution in [2.75, 3.05) is 37.7 Å². The lowest BCUT2D eigenvalue weighted by Gasteiger charge is -2.29. The van der Waals surface area contributed by atoms with Gasteiger partial charge in [0.25, 0.3) is 0 Å². The molecule has 7 heteroatoms. The van der Waals surface area contributed by atoms with Crippen LogP contribution in [0.15, 0.2) is 48.8 Å². The Bertz CT molecular complexity index is 1040. The lowest BCUT2D eigenvalue weighted by atomic mass is 10.0. The molecule has 156 valence electrons. The molecule has 2 aliphatic rings. The van der Waals surface area contributed by atoms with Crippen molar-refractivity contribution in [1.82, 2.24) is 14.9 Å². The third kappa shape index (κ3) is 3.73. The van der Waals surface area contributed by atoms with E-state index >= 15 is 0 Å². The zero-order valence-electron chi connectivity index (χ0n) is 17.1. The topological polar surface area (TPSA) is 68.1 Å². The maximum atomic E-state index is 11.6. The minimum atomic E-state index is -0.0680. The molecule has 3 aromatic rings. The van der Waals surface area contributed by atoms with Crippen LogP contribution < -0.4 is 15.0 Å². The number of hydrogen-bond donors (Lipinski definition) is 1. The zero-order valence-corrected chi connectivity index (χ0v) is 17.1. The van der Waals surface area contributed by atoms with E-state index < -0.39 is 0 Å². The molecule has 1 unspecified atom stereocenters. The number of benzene rings is 1. The number of carbonyl (C=O) groups excluding carboxylic acids is 1. The molecule has 2 fully saturated rings. The Morgan fingerprint density at radius 3 is 2.70 bits per heavy atom. The molecule has 0 radical (unpaired) electrons. The molecule has 0 aliphatic carbocycles. The number of carbonyl (C=O) groups is 1. The largest absolute Gasteiger partial charge is 0.488 e. The summed E-state index contributed by atoms with van der Waals surface area (Å²) in [6.45, 7) is 6.09. The number of anilines is 1. The number of pyridine rings is 1. The molecule has 30 heavy (non-hydrogen) atoms. The van der Waals surface area contributed by atoms with E-state index in [4.69, 9.17) is 9.47 Å². The van der Waals surface area contributed by atoms with Gasteiger partial charge in [0, 0.05) is 49.4 Å². The minimum Gasteiger partial charge on any atom is -0.488 e. The summed E-state index contributed by atoms with van der Waals surface area (Å²) in [7, 11) is 0. The van der Waals surface area contributed by atoms with Crippen LogP contribution in [0.5, 0.6) is 5.75 Å². The Morgan fingerprint density at radius 1 is 1.17 bits per heavy atom. The van der Waals surface area contributed by atoms with Crippen LogP contribution in [0, 0.1) is 5.92 Å². The number of morpholine rings is 1. The predicted molar refractivity (Wildman–Crippen MR) is 115 cm³/mol. The monoisotopic (exact) mass is 406 g/mol. The highest BCUT2D eigenvalue weighted by Crippen LogP contribution is 2.31. The van der Waals surface area contributed by atoms with Crippen LogP contribution in [0.1, 0.15) is 13.3 Å². The second-order valence-electron chi connectivity index (χ2n) is 7.99. The third-order valence-electron chi connectivity index (χ3n) is 6.03. The van der Waals surface area contributed by atoms with Crippen LogP contribution in [0.3, 0.4) is 0 Å². The van der Waals surface area contributed by atoms with Crippen LogP contribution in [0.2, 0.25) is 0 Å². The smallest absolute Gasteiger partial charge is 0.220 e. The van der Waals surface area contributed by atoms with E-state index in [1.54, 1.807) is 6.20 Å². The number of rotatable bonds is 5. The Balaban J connectivity index is 1.41. The minimum absolute atomic E-state index is 0.0680. The van der Waals surface area contributed by atoms with E-state index in [-0.39, 0.29) is 17.9 Å². The molecule has 0 bridgehead atoms. The summed E-state index contributed by atoms with van der Waals surface area (Å²) in [5, 5.41) is 7.31. The first-order valence-corrected chi connectivity index (χ1v) is 10.5. The Labute approximate surface area is 175 Å². The lowest BCUT2D eigenvalue weighted by Crippen LogP contribution is -2.36. The van der Waals surface area contributed by atoms with Crippen molar-refractivity contribution >= 4 is 17.1 Å². The second kappa shape index (κ2) is 7.99. The molecular weight excluding hydrogens is 380 g/mol. The van der Waals surface area contributed by atoms with Gasteiger partial charge in [0.2, 0.25) is 5.91 Å². The van der Waals surface area contributed by atoms with Crippen molar-refractivity contribution in [3.63, 3.8) is 0 Å². The summed E-state index contributed by atoms with van der Waals surface area (Å²) in [5.74, 6) is 1.06. The molecule has 2 aromatic heterocycles. The van der Waals surface area contributed by atoms with Gasteiger partial charge in [-0.1, -0.05) is 12.1 Å². The van der Waals surface area contributed by atoms with Crippen LogP contribution in [0.4, 0.5) is 5.69 Å². The first-order valence-electron chi connectivity index (χ1n) is 10.5. The molecule has 1 aromatic carbocycles. The number of fused-ring (bicyclic) bond motifs is 1. The van der Waals surface area contributed by atoms with Crippen molar-refractivity contribution in [3.8, 4) is 16.9 Å². The van der Waals surface area contributed by atoms with E-state index in [1.165, 1.54) is 5.69 Å². The number of amides is 1. The molecular formula is C23H26N4O3. The highest BCUT2D eigenvalue weighted by molar-refractivity contribution is 5.78. The fourth-order valence-electron chi connectivity index (χ4n) is 4.19. The van der Waals surface area contributed by atoms with Crippen LogP contribution in [0.25, 0.3) is 16.6 Å². The lowest BCUT2D eigenvalue weighted by molar-refractivity contribution is -0.119. The second-order valence-corrected chi connectivity index (χ2v) is 7.99. The fraction of sp³-hybridized carbons (Fsp3) is 0.391. The van der Waals surface area contributed by atoms with E-state index in [2.05, 4.69) is 45.6 Å². The first-order chi connectivity index (χ1) is 14.7. The van der Waals surface area contributed by atoms with Gasteiger partial charge in [-0.05, 0) is 36.8 Å². The summed E-state index contributed by atoms with van der Waals surface area (Å²) in [5.41, 5.74) is 4.29. The predicted octanol–water partition coefficient (Wildman–Crippen LogP) is 2.74. The van der Waals surface area contributed by atoms with Crippen molar-refractivity contribution < 1.29 is 14.3 Å². The third-order valence-corrected chi connectivity index (χ3v) is 6.03. The molecule has 2 saturated heterocycles. The molecule has 0 spiro atoms. The molecule has 2 aliphatic heterocycles. The average molecular weight is 406 g/mol. The van der Waals surface area contributed by atoms with Crippen molar-refractivity contribution in [2.24, 2.45) is 5.92 Å². The van der Waals surface area contributed by atoms with E-state index in [0.717, 1.165) is 48.7 Å². The first kappa shape index (κ1) is 18.9. The number of ether oxygens (including phenoxy) is 2. The highest BCUT2D eigenvalue weighted by atomic mass is 16.5. The van der Waals surface area contributed by atoms with Crippen LogP contribution in [-0.2, 0) is 9.53 Å². The molecule has 1 N–H and O–H groups in total. The van der Waals surface area contributed by atoms with Gasteiger partial charge in [0.05, 0.1) is 19.4 Å². The molecule has 0 saturated carbocycles. The van der Waals surface area contributed by atoms with Crippen LogP contribution >= 0.6 is 0 Å². The van der Waals surface area contributed by atoms with Gasteiger partial charge < -0.3 is 19.7 Å². The Hall–Kier alpha value is -3.06. The van der Waals surface area contributed by atoms with Gasteiger partial charge in [-0.15, -0.1) is 0 Å². The van der Waals surface area contributed by atoms with Crippen LogP contribution in [-0.4, -0.2) is 54.5 Å². The van der Waals surface area contributed by atoms with Gasteiger partial charge in [-0.3, -0.25) is 4.79 Å². The van der Waals surface area contributed by atoms with Crippen molar-refractivity contribution in [3.05, 3.63) is 48.8 Å². The molecule has 7 nitrogen and oxygen atoms in total. The normalized spacial score (nSPS) is 20.4. The van der Waals surface area contributed by atoms with Gasteiger partial charge in [-0.2, -0.15) is 5.10 Å². The molecule has 2 atom stereocenters. The summed E-state index contributed by atoms with van der Waals surface area (Å²) in [6, 6.07) is 12.6. The quantitative estimate of drug-likeness (QED) is 0.706. The van der Waals surface area contributed by atoms with E-state index in [1.807, 2.05) is 23.7 Å². The number of nitrogens with zero attached hydrogens (tertiary/aromatic N) is 3. The van der Waals surface area contributed by atoms with Gasteiger partial charge in [-0.25, -0.2) is 4.52 Å². The Kier molecular flexibility index (Phi) is 5.04. The summed E-state index contributed by atoms with van der Waals surface area (Å²) in [4.78, 5) is 13.9. The highest BCUT2D eigenvalue weighted by Gasteiger charge is 2.28. The van der Waals surface area contributed by atoms with Gasteiger partial charge >= 0.3 is 0 Å². The molecule has 5 rings (SSSR count). The zero-order chi connectivity index (χ0) is 20.5. The Morgan fingerprint density at radius 2 is 1.97 bits per heavy atom. The maximum absolute atomic E-state index is 11.6. The molecule has 1 amide bonds. The number of hydrogen-bond acceptors (Lipinski definition) is 5.